The van der Waals surface area contributed by atoms with Crippen LogP contribution in [0.4, 0.5) is 0 Å². The summed E-state index contributed by atoms with van der Waals surface area (Å²) in [5, 5.41) is 5.50. The molecule has 3 heterocycles. The lowest BCUT2D eigenvalue weighted by atomic mass is 9.98. The first-order valence-electron chi connectivity index (χ1n) is 10.9. The van der Waals surface area contributed by atoms with Crippen LogP contribution in [-0.4, -0.2) is 50.7 Å². The lowest BCUT2D eigenvalue weighted by molar-refractivity contribution is -0.149. The molecule has 0 aliphatic carbocycles. The monoisotopic (exact) mass is 414 g/mol. The van der Waals surface area contributed by atoms with Gasteiger partial charge in [0.25, 0.3) is 5.91 Å². The van der Waals surface area contributed by atoms with Crippen LogP contribution in [0.2, 0.25) is 0 Å². The number of aromatic nitrogens is 3. The number of aryl methyl sites for hydroxylation is 1. The molecule has 0 radical (unpaired) electrons. The van der Waals surface area contributed by atoms with Crippen molar-refractivity contribution in [2.45, 2.75) is 85.2 Å². The number of likely N-dealkylation sites (tertiary alicyclic amines) is 1. The largest absolute Gasteiger partial charge is 0.464 e. The van der Waals surface area contributed by atoms with E-state index in [9.17, 15) is 9.59 Å². The van der Waals surface area contributed by atoms with Gasteiger partial charge in [-0.2, -0.15) is 5.10 Å². The van der Waals surface area contributed by atoms with Gasteiger partial charge >= 0.3 is 5.97 Å². The first kappa shape index (κ1) is 22.2. The van der Waals surface area contributed by atoms with Crippen LogP contribution in [-0.2, 0) is 15.1 Å². The van der Waals surface area contributed by atoms with Gasteiger partial charge in [0.1, 0.15) is 6.04 Å². The van der Waals surface area contributed by atoms with E-state index in [1.807, 2.05) is 17.7 Å². The van der Waals surface area contributed by atoms with Crippen LogP contribution >= 0.6 is 0 Å². The highest BCUT2D eigenvalue weighted by molar-refractivity contribution is 6.07. The van der Waals surface area contributed by atoms with Crippen molar-refractivity contribution in [3.8, 4) is 0 Å². The second-order valence-electron chi connectivity index (χ2n) is 9.38. The smallest absolute Gasteiger partial charge is 0.328 e. The maximum atomic E-state index is 13.8. The molecule has 0 spiro atoms. The number of ether oxygens (including phenoxy) is 1. The summed E-state index contributed by atoms with van der Waals surface area (Å²) < 4.78 is 7.16. The quantitative estimate of drug-likeness (QED) is 0.702. The number of esters is 1. The van der Waals surface area contributed by atoms with Crippen molar-refractivity contribution in [2.24, 2.45) is 0 Å². The Balaban J connectivity index is 2.17. The third-order valence-corrected chi connectivity index (χ3v) is 5.61. The van der Waals surface area contributed by atoms with E-state index in [0.29, 0.717) is 25.1 Å². The van der Waals surface area contributed by atoms with E-state index < -0.39 is 6.04 Å². The fraction of sp³-hybridized carbons (Fsp3) is 0.652. The molecule has 0 saturated carbocycles. The van der Waals surface area contributed by atoms with Gasteiger partial charge in [-0.05, 0) is 65.9 Å². The normalized spacial score (nSPS) is 17.6. The Morgan fingerprint density at radius 1 is 1.27 bits per heavy atom. The van der Waals surface area contributed by atoms with Crippen LogP contribution < -0.4 is 0 Å². The molecule has 0 bridgehead atoms. The minimum atomic E-state index is -0.533. The predicted octanol–water partition coefficient (Wildman–Crippen LogP) is 4.18. The van der Waals surface area contributed by atoms with Gasteiger partial charge in [0.2, 0.25) is 0 Å². The van der Waals surface area contributed by atoms with Crippen LogP contribution in [0.25, 0.3) is 11.0 Å². The molecule has 2 aromatic rings. The molecule has 7 nitrogen and oxygen atoms in total. The highest BCUT2D eigenvalue weighted by Gasteiger charge is 2.35. The number of pyridine rings is 1. The van der Waals surface area contributed by atoms with Crippen molar-refractivity contribution in [3.05, 3.63) is 23.0 Å². The molecule has 1 unspecified atom stereocenters. The summed E-state index contributed by atoms with van der Waals surface area (Å²) in [6.45, 7) is 14.9. The topological polar surface area (TPSA) is 77.3 Å². The molecule has 7 heteroatoms. The number of rotatable bonds is 4. The lowest BCUT2D eigenvalue weighted by Crippen LogP contribution is -2.48. The van der Waals surface area contributed by atoms with E-state index in [-0.39, 0.29) is 23.3 Å². The molecular weight excluding hydrogens is 380 g/mol. The number of hydrogen-bond acceptors (Lipinski definition) is 5. The van der Waals surface area contributed by atoms with Crippen molar-refractivity contribution >= 4 is 22.9 Å². The third-order valence-electron chi connectivity index (χ3n) is 5.61. The minimum Gasteiger partial charge on any atom is -0.464 e. The van der Waals surface area contributed by atoms with Crippen molar-refractivity contribution in [1.82, 2.24) is 19.7 Å². The Morgan fingerprint density at radius 2 is 1.97 bits per heavy atom. The number of carbonyl (C=O) groups is 2. The number of piperidine rings is 1. The maximum Gasteiger partial charge on any atom is 0.328 e. The molecule has 1 saturated heterocycles. The Morgan fingerprint density at radius 3 is 2.57 bits per heavy atom. The minimum absolute atomic E-state index is 0.140. The Bertz CT molecular complexity index is 955. The van der Waals surface area contributed by atoms with E-state index in [1.165, 1.54) is 0 Å². The van der Waals surface area contributed by atoms with Gasteiger partial charge in [-0.15, -0.1) is 0 Å². The number of nitrogens with zero attached hydrogens (tertiary/aromatic N) is 4. The molecule has 0 N–H and O–H groups in total. The van der Waals surface area contributed by atoms with Crippen molar-refractivity contribution in [1.29, 1.82) is 0 Å². The van der Waals surface area contributed by atoms with Gasteiger partial charge in [-0.1, -0.05) is 13.8 Å². The zero-order chi connectivity index (χ0) is 22.2. The summed E-state index contributed by atoms with van der Waals surface area (Å²) in [6.07, 6.45) is 2.43. The van der Waals surface area contributed by atoms with Gasteiger partial charge in [0.05, 0.1) is 28.8 Å². The highest BCUT2D eigenvalue weighted by Crippen LogP contribution is 2.31. The van der Waals surface area contributed by atoms with E-state index in [2.05, 4.69) is 34.6 Å². The molecule has 164 valence electrons. The zero-order valence-corrected chi connectivity index (χ0v) is 19.3. The molecule has 1 atom stereocenters. The van der Waals surface area contributed by atoms with Crippen LogP contribution in [0.3, 0.4) is 0 Å². The number of amides is 1. The average molecular weight is 415 g/mol. The zero-order valence-electron chi connectivity index (χ0n) is 19.3. The number of hydrogen-bond donors (Lipinski definition) is 0. The Labute approximate surface area is 178 Å². The first-order chi connectivity index (χ1) is 14.1. The Kier molecular flexibility index (Phi) is 6.20. The highest BCUT2D eigenvalue weighted by atomic mass is 16.5. The summed E-state index contributed by atoms with van der Waals surface area (Å²) in [5.74, 6) is -0.299. The van der Waals surface area contributed by atoms with E-state index >= 15 is 0 Å². The summed E-state index contributed by atoms with van der Waals surface area (Å²) >= 11 is 0. The first-order valence-corrected chi connectivity index (χ1v) is 10.9. The van der Waals surface area contributed by atoms with Crippen LogP contribution in [0, 0.1) is 6.92 Å². The lowest BCUT2D eigenvalue weighted by Gasteiger charge is -2.34. The van der Waals surface area contributed by atoms with Crippen LogP contribution in [0.5, 0.6) is 0 Å². The molecule has 2 aromatic heterocycles. The van der Waals surface area contributed by atoms with Gasteiger partial charge in [0.15, 0.2) is 5.65 Å². The molecule has 1 amide bonds. The molecule has 30 heavy (non-hydrogen) atoms. The van der Waals surface area contributed by atoms with Gasteiger partial charge in [0, 0.05) is 12.2 Å². The third kappa shape index (κ3) is 4.07. The molecule has 1 aliphatic heterocycles. The van der Waals surface area contributed by atoms with Crippen LogP contribution in [0.1, 0.15) is 88.5 Å². The summed E-state index contributed by atoms with van der Waals surface area (Å²) in [4.78, 5) is 32.9. The number of carbonyl (C=O) groups excluding carboxylic acids is 2. The average Bonchev–Trinajstić information content (AvgIpc) is 3.04. The van der Waals surface area contributed by atoms with Gasteiger partial charge < -0.3 is 9.64 Å². The summed E-state index contributed by atoms with van der Waals surface area (Å²) in [7, 11) is 0. The molecule has 3 rings (SSSR count). The second-order valence-corrected chi connectivity index (χ2v) is 9.38. The molecule has 1 aliphatic rings. The maximum absolute atomic E-state index is 13.8. The summed E-state index contributed by atoms with van der Waals surface area (Å²) in [5.41, 5.74) is 2.65. The number of fused-ring (bicyclic) bond motifs is 1. The molecular formula is C23H34N4O3. The molecule has 1 fully saturated rings. The van der Waals surface area contributed by atoms with E-state index in [4.69, 9.17) is 14.8 Å². The van der Waals surface area contributed by atoms with Crippen LogP contribution in [0.15, 0.2) is 6.07 Å². The van der Waals surface area contributed by atoms with E-state index in [0.717, 1.165) is 35.3 Å². The van der Waals surface area contributed by atoms with E-state index in [1.54, 1.807) is 11.8 Å². The van der Waals surface area contributed by atoms with Crippen molar-refractivity contribution in [2.75, 3.05) is 13.2 Å². The van der Waals surface area contributed by atoms with Crippen molar-refractivity contribution in [3.63, 3.8) is 0 Å². The van der Waals surface area contributed by atoms with Gasteiger partial charge in [-0.3, -0.25) is 4.79 Å². The fourth-order valence-corrected chi connectivity index (χ4v) is 4.05. The molecule has 0 aromatic carbocycles. The van der Waals surface area contributed by atoms with Gasteiger partial charge in [-0.25, -0.2) is 14.5 Å². The van der Waals surface area contributed by atoms with Crippen molar-refractivity contribution < 1.29 is 14.3 Å². The SMILES string of the molecule is CCOC(=O)C1CCCCN1C(=O)c1cc(C(C)C)nc2c1c(C)nn2C(C)(C)C. The Hall–Kier alpha value is -2.44. The second kappa shape index (κ2) is 8.36. The fourth-order valence-electron chi connectivity index (χ4n) is 4.05. The summed E-state index contributed by atoms with van der Waals surface area (Å²) in [6, 6.07) is 1.35. The predicted molar refractivity (Wildman–Crippen MR) is 117 cm³/mol. The standard InChI is InChI=1S/C23H34N4O3/c1-8-30-22(29)18-11-9-10-12-26(18)21(28)16-13-17(14(2)3)24-20-19(16)15(4)25-27(20)23(5,6)7/h13-14,18H,8-12H2,1-7H3.